The van der Waals surface area contributed by atoms with Gasteiger partial charge >= 0.3 is 0 Å². The first-order valence-electron chi connectivity index (χ1n) is 7.36. The van der Waals surface area contributed by atoms with E-state index in [0.717, 1.165) is 28.3 Å². The highest BCUT2D eigenvalue weighted by Gasteiger charge is 2.39. The van der Waals surface area contributed by atoms with Gasteiger partial charge < -0.3 is 10.2 Å². The van der Waals surface area contributed by atoms with E-state index in [1.807, 2.05) is 6.07 Å². The highest BCUT2D eigenvalue weighted by atomic mass is 32.1. The van der Waals surface area contributed by atoms with Gasteiger partial charge in [-0.05, 0) is 46.6 Å². The van der Waals surface area contributed by atoms with Crippen molar-refractivity contribution in [2.75, 3.05) is 11.9 Å². The Hall–Kier alpha value is -1.27. The maximum Gasteiger partial charge on any atom is 0.194 e. The summed E-state index contributed by atoms with van der Waals surface area (Å²) in [5, 5.41) is 12.8. The number of anilines is 1. The van der Waals surface area contributed by atoms with E-state index in [2.05, 4.69) is 60.1 Å². The Morgan fingerprint density at radius 3 is 2.52 bits per heavy atom. The summed E-state index contributed by atoms with van der Waals surface area (Å²) in [5.41, 5.74) is 1.02. The van der Waals surface area contributed by atoms with Crippen LogP contribution in [-0.2, 0) is 0 Å². The summed E-state index contributed by atoms with van der Waals surface area (Å²) >= 11 is 1.69. The molecule has 0 radical (unpaired) electrons. The lowest BCUT2D eigenvalue weighted by Crippen LogP contribution is -2.61. The van der Waals surface area contributed by atoms with Crippen LogP contribution in [0.1, 0.15) is 40.5 Å². The minimum atomic E-state index is 0.136. The SMILES string of the molecule is CN(c1nc2nnccc2s1)C1CC(C)(C)NC(C)(C)C1. The molecule has 0 aromatic carbocycles. The summed E-state index contributed by atoms with van der Waals surface area (Å²) < 4.78 is 1.10. The highest BCUT2D eigenvalue weighted by Crippen LogP contribution is 2.35. The van der Waals surface area contributed by atoms with Gasteiger partial charge in [-0.15, -0.1) is 5.10 Å². The number of hydrogen-bond donors (Lipinski definition) is 1. The topological polar surface area (TPSA) is 53.9 Å². The maximum atomic E-state index is 4.63. The average Bonchev–Trinajstić information content (AvgIpc) is 2.77. The van der Waals surface area contributed by atoms with Gasteiger partial charge in [0, 0.05) is 24.2 Å². The van der Waals surface area contributed by atoms with Crippen LogP contribution in [0.25, 0.3) is 10.3 Å². The number of fused-ring (bicyclic) bond motifs is 1. The standard InChI is InChI=1S/C15H23N5S/c1-14(2)8-10(9-15(3,4)19-14)20(5)13-17-12-11(21-13)6-7-16-18-12/h6-7,10,19H,8-9H2,1-5H3. The normalized spacial score (nSPS) is 21.6. The van der Waals surface area contributed by atoms with Crippen LogP contribution in [0.4, 0.5) is 5.13 Å². The molecule has 2 aromatic rings. The average molecular weight is 305 g/mol. The summed E-state index contributed by atoms with van der Waals surface area (Å²) in [6.07, 6.45) is 3.93. The molecule has 0 bridgehead atoms. The first kappa shape index (κ1) is 14.7. The molecule has 0 unspecified atom stereocenters. The van der Waals surface area contributed by atoms with Crippen LogP contribution < -0.4 is 10.2 Å². The first-order valence-corrected chi connectivity index (χ1v) is 8.18. The molecule has 0 amide bonds. The molecule has 1 saturated heterocycles. The van der Waals surface area contributed by atoms with Crippen LogP contribution in [0.2, 0.25) is 0 Å². The van der Waals surface area contributed by atoms with Crippen LogP contribution in [-0.4, -0.2) is 39.3 Å². The minimum Gasteiger partial charge on any atom is -0.348 e. The van der Waals surface area contributed by atoms with Crippen molar-refractivity contribution in [2.45, 2.75) is 57.7 Å². The zero-order valence-electron chi connectivity index (χ0n) is 13.3. The van der Waals surface area contributed by atoms with Crippen LogP contribution >= 0.6 is 11.3 Å². The van der Waals surface area contributed by atoms with Gasteiger partial charge in [-0.2, -0.15) is 10.1 Å². The van der Waals surface area contributed by atoms with Crippen molar-refractivity contribution in [3.05, 3.63) is 12.3 Å². The van der Waals surface area contributed by atoms with E-state index < -0.39 is 0 Å². The Balaban J connectivity index is 1.88. The zero-order valence-corrected chi connectivity index (χ0v) is 14.2. The Kier molecular flexibility index (Phi) is 3.41. The van der Waals surface area contributed by atoms with Crippen molar-refractivity contribution in [2.24, 2.45) is 0 Å². The third-order valence-electron chi connectivity index (χ3n) is 4.09. The quantitative estimate of drug-likeness (QED) is 0.924. The van der Waals surface area contributed by atoms with Crippen LogP contribution in [0.5, 0.6) is 0 Å². The molecule has 3 heterocycles. The number of rotatable bonds is 2. The summed E-state index contributed by atoms with van der Waals surface area (Å²) in [6, 6.07) is 2.46. The summed E-state index contributed by atoms with van der Waals surface area (Å²) in [6.45, 7) is 9.11. The highest BCUT2D eigenvalue weighted by molar-refractivity contribution is 7.22. The summed E-state index contributed by atoms with van der Waals surface area (Å²) in [7, 11) is 2.15. The molecular formula is C15H23N5S. The molecule has 1 fully saturated rings. The van der Waals surface area contributed by atoms with E-state index >= 15 is 0 Å². The molecule has 3 rings (SSSR count). The van der Waals surface area contributed by atoms with Crippen molar-refractivity contribution in [1.29, 1.82) is 0 Å². The molecule has 21 heavy (non-hydrogen) atoms. The molecule has 0 spiro atoms. The van der Waals surface area contributed by atoms with Gasteiger partial charge in [-0.1, -0.05) is 11.3 Å². The Labute approximate surface area is 129 Å². The van der Waals surface area contributed by atoms with Gasteiger partial charge in [0.15, 0.2) is 10.8 Å². The Morgan fingerprint density at radius 2 is 1.90 bits per heavy atom. The fourth-order valence-corrected chi connectivity index (χ4v) is 4.46. The second kappa shape index (κ2) is 4.88. The maximum absolute atomic E-state index is 4.63. The lowest BCUT2D eigenvalue weighted by molar-refractivity contribution is 0.161. The van der Waals surface area contributed by atoms with Crippen molar-refractivity contribution >= 4 is 26.8 Å². The summed E-state index contributed by atoms with van der Waals surface area (Å²) in [5.74, 6) is 0. The fourth-order valence-electron chi connectivity index (χ4n) is 3.53. The second-order valence-corrected chi connectivity index (χ2v) is 8.29. The van der Waals surface area contributed by atoms with E-state index in [1.54, 1.807) is 17.5 Å². The fraction of sp³-hybridized carbons (Fsp3) is 0.667. The van der Waals surface area contributed by atoms with Crippen LogP contribution in [0, 0.1) is 0 Å². The van der Waals surface area contributed by atoms with Crippen LogP contribution in [0.3, 0.4) is 0 Å². The second-order valence-electron chi connectivity index (χ2n) is 7.28. The summed E-state index contributed by atoms with van der Waals surface area (Å²) in [4.78, 5) is 6.95. The molecule has 2 aromatic heterocycles. The predicted molar refractivity (Wildman–Crippen MR) is 87.9 cm³/mol. The van der Waals surface area contributed by atoms with Crippen molar-refractivity contribution in [1.82, 2.24) is 20.5 Å². The van der Waals surface area contributed by atoms with Gasteiger partial charge in [0.2, 0.25) is 0 Å². The minimum absolute atomic E-state index is 0.136. The van der Waals surface area contributed by atoms with Crippen molar-refractivity contribution in [3.8, 4) is 0 Å². The number of aromatic nitrogens is 3. The van der Waals surface area contributed by atoms with E-state index in [1.165, 1.54) is 0 Å². The smallest absolute Gasteiger partial charge is 0.194 e. The van der Waals surface area contributed by atoms with Crippen molar-refractivity contribution in [3.63, 3.8) is 0 Å². The van der Waals surface area contributed by atoms with Gasteiger partial charge in [0.1, 0.15) is 0 Å². The number of hydrogen-bond acceptors (Lipinski definition) is 6. The molecule has 1 aliphatic rings. The molecule has 0 aliphatic carbocycles. The third kappa shape index (κ3) is 3.01. The third-order valence-corrected chi connectivity index (χ3v) is 5.19. The monoisotopic (exact) mass is 305 g/mol. The number of piperidine rings is 1. The van der Waals surface area contributed by atoms with E-state index in [0.29, 0.717) is 6.04 Å². The van der Waals surface area contributed by atoms with Gasteiger partial charge in [-0.25, -0.2) is 0 Å². The molecule has 114 valence electrons. The molecule has 6 heteroatoms. The zero-order chi connectivity index (χ0) is 15.3. The van der Waals surface area contributed by atoms with E-state index in [-0.39, 0.29) is 11.1 Å². The predicted octanol–water partition coefficient (Wildman–Crippen LogP) is 2.83. The van der Waals surface area contributed by atoms with Gasteiger partial charge in [-0.3, -0.25) is 0 Å². The Morgan fingerprint density at radius 1 is 1.24 bits per heavy atom. The van der Waals surface area contributed by atoms with E-state index in [4.69, 9.17) is 0 Å². The largest absolute Gasteiger partial charge is 0.348 e. The first-order chi connectivity index (χ1) is 9.76. The van der Waals surface area contributed by atoms with Crippen LogP contribution in [0.15, 0.2) is 12.3 Å². The number of nitrogens with zero attached hydrogens (tertiary/aromatic N) is 4. The lowest BCUT2D eigenvalue weighted by atomic mass is 9.79. The Bertz CT molecular complexity index is 599. The lowest BCUT2D eigenvalue weighted by Gasteiger charge is -2.48. The molecule has 0 atom stereocenters. The molecule has 1 N–H and O–H groups in total. The van der Waals surface area contributed by atoms with Gasteiger partial charge in [0.05, 0.1) is 10.9 Å². The molecular weight excluding hydrogens is 282 g/mol. The van der Waals surface area contributed by atoms with Gasteiger partial charge in [0.25, 0.3) is 0 Å². The van der Waals surface area contributed by atoms with E-state index in [9.17, 15) is 0 Å². The molecule has 1 aliphatic heterocycles. The number of thiazole rings is 1. The molecule has 5 nitrogen and oxygen atoms in total. The number of nitrogens with one attached hydrogen (secondary N) is 1. The molecule has 0 saturated carbocycles. The van der Waals surface area contributed by atoms with Crippen molar-refractivity contribution < 1.29 is 0 Å².